The molecule has 1 aromatic rings. The van der Waals surface area contributed by atoms with Crippen LogP contribution in [-0.4, -0.2) is 37.5 Å². The molecular formula is C17H18ClNO2. The molecule has 4 heteroatoms. The van der Waals surface area contributed by atoms with Gasteiger partial charge in [-0.15, -0.1) is 0 Å². The van der Waals surface area contributed by atoms with Crippen LogP contribution in [0.15, 0.2) is 41.1 Å². The highest BCUT2D eigenvalue weighted by Crippen LogP contribution is 2.34. The van der Waals surface area contributed by atoms with E-state index in [9.17, 15) is 4.79 Å². The lowest BCUT2D eigenvalue weighted by molar-refractivity contribution is -0.105. The van der Waals surface area contributed by atoms with Crippen molar-refractivity contribution < 1.29 is 9.53 Å². The Labute approximate surface area is 129 Å². The van der Waals surface area contributed by atoms with Gasteiger partial charge in [-0.1, -0.05) is 23.7 Å². The van der Waals surface area contributed by atoms with Crippen molar-refractivity contribution in [2.75, 3.05) is 26.3 Å². The molecule has 0 radical (unpaired) electrons. The number of nitrogens with zero attached hydrogens (tertiary/aromatic N) is 1. The molecule has 110 valence electrons. The number of hydrogen-bond donors (Lipinski definition) is 0. The van der Waals surface area contributed by atoms with Gasteiger partial charge in [-0.2, -0.15) is 0 Å². The van der Waals surface area contributed by atoms with E-state index in [-0.39, 0.29) is 0 Å². The third-order valence-corrected chi connectivity index (χ3v) is 4.20. The van der Waals surface area contributed by atoms with Crippen molar-refractivity contribution in [1.82, 2.24) is 4.90 Å². The average molecular weight is 304 g/mol. The van der Waals surface area contributed by atoms with Crippen molar-refractivity contribution in [3.63, 3.8) is 0 Å². The molecule has 0 atom stereocenters. The summed E-state index contributed by atoms with van der Waals surface area (Å²) in [6, 6.07) is 7.79. The Kier molecular flexibility index (Phi) is 4.42. The molecule has 1 fully saturated rings. The largest absolute Gasteiger partial charge is 0.378 e. The maximum atomic E-state index is 11.3. The first kappa shape index (κ1) is 14.4. The molecule has 3 nitrogen and oxygen atoms in total. The van der Waals surface area contributed by atoms with Crippen LogP contribution < -0.4 is 0 Å². The summed E-state index contributed by atoms with van der Waals surface area (Å²) in [5.74, 6) is 0. The molecule has 1 heterocycles. The molecule has 0 amide bonds. The predicted octanol–water partition coefficient (Wildman–Crippen LogP) is 3.30. The summed E-state index contributed by atoms with van der Waals surface area (Å²) >= 11 is 5.93. The summed E-state index contributed by atoms with van der Waals surface area (Å²) in [4.78, 5) is 13.6. The lowest BCUT2D eigenvalue weighted by atomic mass is 10.1. The van der Waals surface area contributed by atoms with Gasteiger partial charge < -0.3 is 9.64 Å². The lowest BCUT2D eigenvalue weighted by Crippen LogP contribution is -2.36. The van der Waals surface area contributed by atoms with Crippen LogP contribution in [0.5, 0.6) is 0 Å². The van der Waals surface area contributed by atoms with Gasteiger partial charge >= 0.3 is 0 Å². The molecule has 0 saturated carbocycles. The van der Waals surface area contributed by atoms with Gasteiger partial charge in [-0.05, 0) is 42.2 Å². The Morgan fingerprint density at radius 2 is 1.81 bits per heavy atom. The maximum Gasteiger partial charge on any atom is 0.148 e. The number of carbonyl (C=O) groups excluding carboxylic acids is 1. The topological polar surface area (TPSA) is 29.5 Å². The second-order valence-corrected chi connectivity index (χ2v) is 5.75. The summed E-state index contributed by atoms with van der Waals surface area (Å²) in [6.45, 7) is 3.16. The minimum Gasteiger partial charge on any atom is -0.378 e. The minimum atomic E-state index is 0.726. The second-order valence-electron chi connectivity index (χ2n) is 5.31. The molecule has 0 bridgehead atoms. The van der Waals surface area contributed by atoms with Crippen LogP contribution in [0.2, 0.25) is 5.02 Å². The number of rotatable bonds is 3. The number of aldehydes is 1. The standard InChI is InChI=1S/C17H18ClNO2/c18-16-5-1-13(2-6-16)11-14-3-4-15(12-20)17(14)19-7-9-21-10-8-19/h1-2,5-6,11-12H,3-4,7-10H2. The van der Waals surface area contributed by atoms with Crippen molar-refractivity contribution in [2.24, 2.45) is 0 Å². The van der Waals surface area contributed by atoms with Gasteiger partial charge in [0, 0.05) is 29.4 Å². The number of hydrogen-bond acceptors (Lipinski definition) is 3. The third kappa shape index (κ3) is 3.20. The molecule has 1 aromatic carbocycles. The van der Waals surface area contributed by atoms with Crippen LogP contribution in [0.3, 0.4) is 0 Å². The van der Waals surface area contributed by atoms with Gasteiger partial charge in [-0.3, -0.25) is 4.79 Å². The molecule has 0 N–H and O–H groups in total. The van der Waals surface area contributed by atoms with Crippen molar-refractivity contribution >= 4 is 24.0 Å². The Balaban J connectivity index is 1.91. The SMILES string of the molecule is O=CC1=C(N2CCOCC2)C(=Cc2ccc(Cl)cc2)CC1. The molecule has 1 aliphatic carbocycles. The van der Waals surface area contributed by atoms with E-state index in [1.165, 1.54) is 5.57 Å². The first-order chi connectivity index (χ1) is 10.3. The van der Waals surface area contributed by atoms with Gasteiger partial charge in [0.25, 0.3) is 0 Å². The predicted molar refractivity (Wildman–Crippen MR) is 84.1 cm³/mol. The van der Waals surface area contributed by atoms with E-state index in [0.717, 1.165) is 67.3 Å². The molecule has 1 saturated heterocycles. The smallest absolute Gasteiger partial charge is 0.148 e. The van der Waals surface area contributed by atoms with E-state index in [1.54, 1.807) is 0 Å². The summed E-state index contributed by atoms with van der Waals surface area (Å²) in [5, 5.41) is 0.737. The Bertz CT molecular complexity index is 583. The maximum absolute atomic E-state index is 11.3. The van der Waals surface area contributed by atoms with E-state index in [1.807, 2.05) is 24.3 Å². The van der Waals surface area contributed by atoms with Crippen LogP contribution in [-0.2, 0) is 9.53 Å². The number of carbonyl (C=O) groups is 1. The van der Waals surface area contributed by atoms with E-state index in [2.05, 4.69) is 11.0 Å². The fourth-order valence-electron chi connectivity index (χ4n) is 2.92. The van der Waals surface area contributed by atoms with Crippen LogP contribution in [0, 0.1) is 0 Å². The summed E-state index contributed by atoms with van der Waals surface area (Å²) in [6.07, 6.45) is 4.92. The van der Waals surface area contributed by atoms with Crippen molar-refractivity contribution in [3.05, 3.63) is 51.7 Å². The summed E-state index contributed by atoms with van der Waals surface area (Å²) < 4.78 is 5.41. The Morgan fingerprint density at radius 3 is 2.48 bits per heavy atom. The summed E-state index contributed by atoms with van der Waals surface area (Å²) in [7, 11) is 0. The molecule has 21 heavy (non-hydrogen) atoms. The molecule has 0 aromatic heterocycles. The molecule has 0 unspecified atom stereocenters. The van der Waals surface area contributed by atoms with Crippen LogP contribution >= 0.6 is 11.6 Å². The lowest BCUT2D eigenvalue weighted by Gasteiger charge is -2.31. The zero-order chi connectivity index (χ0) is 14.7. The quantitative estimate of drug-likeness (QED) is 0.802. The molecule has 0 spiro atoms. The Morgan fingerprint density at radius 1 is 1.10 bits per heavy atom. The zero-order valence-corrected chi connectivity index (χ0v) is 12.6. The van der Waals surface area contributed by atoms with Crippen molar-refractivity contribution in [1.29, 1.82) is 0 Å². The first-order valence-corrected chi connectivity index (χ1v) is 7.63. The van der Waals surface area contributed by atoms with E-state index in [0.29, 0.717) is 0 Å². The molecule has 2 aliphatic rings. The van der Waals surface area contributed by atoms with Gasteiger partial charge in [0.05, 0.1) is 13.2 Å². The average Bonchev–Trinajstić information content (AvgIpc) is 2.93. The second kappa shape index (κ2) is 6.46. The van der Waals surface area contributed by atoms with Crippen LogP contribution in [0.1, 0.15) is 18.4 Å². The van der Waals surface area contributed by atoms with Gasteiger partial charge in [-0.25, -0.2) is 0 Å². The number of morpholine rings is 1. The highest BCUT2D eigenvalue weighted by Gasteiger charge is 2.25. The highest BCUT2D eigenvalue weighted by molar-refractivity contribution is 6.30. The minimum absolute atomic E-state index is 0.726. The molecule has 3 rings (SSSR count). The number of halogens is 1. The monoisotopic (exact) mass is 303 g/mol. The van der Waals surface area contributed by atoms with Crippen LogP contribution in [0.25, 0.3) is 6.08 Å². The van der Waals surface area contributed by atoms with E-state index >= 15 is 0 Å². The van der Waals surface area contributed by atoms with Gasteiger partial charge in [0.15, 0.2) is 0 Å². The van der Waals surface area contributed by atoms with Gasteiger partial charge in [0.1, 0.15) is 6.29 Å². The fourth-order valence-corrected chi connectivity index (χ4v) is 3.05. The molecule has 1 aliphatic heterocycles. The number of ether oxygens (including phenoxy) is 1. The van der Waals surface area contributed by atoms with E-state index in [4.69, 9.17) is 16.3 Å². The highest BCUT2D eigenvalue weighted by atomic mass is 35.5. The van der Waals surface area contributed by atoms with Crippen molar-refractivity contribution in [3.8, 4) is 0 Å². The first-order valence-electron chi connectivity index (χ1n) is 7.25. The van der Waals surface area contributed by atoms with Gasteiger partial charge in [0.2, 0.25) is 0 Å². The third-order valence-electron chi connectivity index (χ3n) is 3.95. The zero-order valence-electron chi connectivity index (χ0n) is 11.8. The van der Waals surface area contributed by atoms with E-state index < -0.39 is 0 Å². The van der Waals surface area contributed by atoms with Crippen molar-refractivity contribution in [2.45, 2.75) is 12.8 Å². The normalized spacial score (nSPS) is 21.2. The fraction of sp³-hybridized carbons (Fsp3) is 0.353. The Hall–Kier alpha value is -1.58. The van der Waals surface area contributed by atoms with Crippen LogP contribution in [0.4, 0.5) is 0 Å². The number of benzene rings is 1. The number of allylic oxidation sites excluding steroid dienone is 2. The molecular weight excluding hydrogens is 286 g/mol. The summed E-state index contributed by atoms with van der Waals surface area (Å²) in [5.41, 5.74) is 4.38.